The number of sulfonamides is 1. The number of carbonyl (C=O) groups is 1. The zero-order valence-electron chi connectivity index (χ0n) is 20.3. The first-order valence-corrected chi connectivity index (χ1v) is 14.3. The number of carbonyl (C=O) groups excluding carboxylic acids is 1. The highest BCUT2D eigenvalue weighted by Gasteiger charge is 2.28. The zero-order chi connectivity index (χ0) is 25.3. The lowest BCUT2D eigenvalue weighted by molar-refractivity contribution is 0.0984. The SMILES string of the molecule is CC(C)c1cccc2sc(N(Cc3ccccn3)C(=O)c3ccc(S(=O)(=O)N4CCCC4)cc3)nc12. The Morgan fingerprint density at radius 1 is 1.03 bits per heavy atom. The molecule has 2 aromatic carbocycles. The van der Waals surface area contributed by atoms with E-state index in [9.17, 15) is 13.2 Å². The van der Waals surface area contributed by atoms with Crippen LogP contribution in [0.3, 0.4) is 0 Å². The molecular formula is C27H28N4O3S2. The van der Waals surface area contributed by atoms with E-state index in [0.717, 1.165) is 34.3 Å². The molecule has 36 heavy (non-hydrogen) atoms. The molecular weight excluding hydrogens is 492 g/mol. The summed E-state index contributed by atoms with van der Waals surface area (Å²) in [6.07, 6.45) is 3.45. The van der Waals surface area contributed by atoms with Crippen molar-refractivity contribution in [1.29, 1.82) is 0 Å². The van der Waals surface area contributed by atoms with Crippen LogP contribution in [0.4, 0.5) is 5.13 Å². The lowest BCUT2D eigenvalue weighted by Crippen LogP contribution is -2.31. The minimum absolute atomic E-state index is 0.207. The van der Waals surface area contributed by atoms with Crippen LogP contribution in [0.15, 0.2) is 71.8 Å². The Bertz CT molecular complexity index is 1480. The minimum atomic E-state index is -3.54. The molecule has 2 aromatic heterocycles. The second-order valence-corrected chi connectivity index (χ2v) is 12.1. The highest BCUT2D eigenvalue weighted by Crippen LogP contribution is 2.35. The van der Waals surface area contributed by atoms with E-state index in [4.69, 9.17) is 4.98 Å². The summed E-state index contributed by atoms with van der Waals surface area (Å²) in [6.45, 7) is 5.59. The van der Waals surface area contributed by atoms with Gasteiger partial charge in [-0.15, -0.1) is 0 Å². The van der Waals surface area contributed by atoms with E-state index in [2.05, 4.69) is 24.9 Å². The normalized spacial score (nSPS) is 14.5. The van der Waals surface area contributed by atoms with Gasteiger partial charge in [0.2, 0.25) is 10.0 Å². The van der Waals surface area contributed by atoms with Gasteiger partial charge in [0.25, 0.3) is 5.91 Å². The van der Waals surface area contributed by atoms with Crippen LogP contribution >= 0.6 is 11.3 Å². The van der Waals surface area contributed by atoms with Crippen molar-refractivity contribution >= 4 is 42.6 Å². The standard InChI is InChI=1S/C27H28N4O3S2/c1-19(2)23-9-7-10-24-25(23)29-27(35-24)31(18-21-8-3-4-15-28-21)26(32)20-11-13-22(14-12-20)36(33,34)30-16-5-6-17-30/h3-4,7-15,19H,5-6,16-18H2,1-2H3. The highest BCUT2D eigenvalue weighted by molar-refractivity contribution is 7.89. The lowest BCUT2D eigenvalue weighted by Gasteiger charge is -2.20. The van der Waals surface area contributed by atoms with E-state index >= 15 is 0 Å². The zero-order valence-corrected chi connectivity index (χ0v) is 21.9. The van der Waals surface area contributed by atoms with Crippen LogP contribution in [0.5, 0.6) is 0 Å². The van der Waals surface area contributed by atoms with E-state index in [0.29, 0.717) is 29.7 Å². The third-order valence-electron chi connectivity index (χ3n) is 6.39. The molecule has 0 unspecified atom stereocenters. The maximum absolute atomic E-state index is 13.8. The van der Waals surface area contributed by atoms with Gasteiger partial charge in [0.05, 0.1) is 27.4 Å². The molecule has 1 aliphatic heterocycles. The third-order valence-corrected chi connectivity index (χ3v) is 9.34. The number of rotatable bonds is 7. The maximum Gasteiger partial charge on any atom is 0.260 e. The Hall–Kier alpha value is -3.14. The molecule has 1 aliphatic rings. The Labute approximate surface area is 215 Å². The van der Waals surface area contributed by atoms with Gasteiger partial charge >= 0.3 is 0 Å². The summed E-state index contributed by atoms with van der Waals surface area (Å²) in [7, 11) is -3.54. The molecule has 0 radical (unpaired) electrons. The Morgan fingerprint density at radius 3 is 2.44 bits per heavy atom. The predicted molar refractivity (Wildman–Crippen MR) is 143 cm³/mol. The van der Waals surface area contributed by atoms with Crippen molar-refractivity contribution in [2.75, 3.05) is 18.0 Å². The van der Waals surface area contributed by atoms with E-state index < -0.39 is 10.0 Å². The average Bonchev–Trinajstić information content (AvgIpc) is 3.58. The molecule has 1 fully saturated rings. The van der Waals surface area contributed by atoms with E-state index in [1.165, 1.54) is 27.8 Å². The van der Waals surface area contributed by atoms with Crippen molar-refractivity contribution in [2.24, 2.45) is 0 Å². The molecule has 0 spiro atoms. The number of hydrogen-bond acceptors (Lipinski definition) is 6. The smallest absolute Gasteiger partial charge is 0.260 e. The predicted octanol–water partition coefficient (Wildman–Crippen LogP) is 5.45. The number of amides is 1. The van der Waals surface area contributed by atoms with Gasteiger partial charge in [-0.25, -0.2) is 13.4 Å². The number of nitrogens with zero attached hydrogens (tertiary/aromatic N) is 4. The quantitative estimate of drug-likeness (QED) is 0.324. The fraction of sp³-hybridized carbons (Fsp3) is 0.296. The van der Waals surface area contributed by atoms with Crippen molar-refractivity contribution in [1.82, 2.24) is 14.3 Å². The lowest BCUT2D eigenvalue weighted by atomic mass is 10.0. The van der Waals surface area contributed by atoms with E-state index in [-0.39, 0.29) is 17.3 Å². The van der Waals surface area contributed by atoms with Gasteiger partial charge in [-0.1, -0.05) is 43.4 Å². The Kier molecular flexibility index (Phi) is 6.87. The van der Waals surface area contributed by atoms with Crippen LogP contribution in [0.25, 0.3) is 10.2 Å². The van der Waals surface area contributed by atoms with Crippen LogP contribution in [0.2, 0.25) is 0 Å². The van der Waals surface area contributed by atoms with Crippen LogP contribution in [-0.2, 0) is 16.6 Å². The van der Waals surface area contributed by atoms with Crippen LogP contribution in [0, 0.1) is 0 Å². The first-order valence-electron chi connectivity index (χ1n) is 12.1. The highest BCUT2D eigenvalue weighted by atomic mass is 32.2. The molecule has 1 saturated heterocycles. The molecule has 0 bridgehead atoms. The van der Waals surface area contributed by atoms with Gasteiger partial charge in [0, 0.05) is 24.8 Å². The maximum atomic E-state index is 13.8. The van der Waals surface area contributed by atoms with Crippen molar-refractivity contribution in [3.05, 3.63) is 83.7 Å². The number of pyridine rings is 1. The Morgan fingerprint density at radius 2 is 1.78 bits per heavy atom. The summed E-state index contributed by atoms with van der Waals surface area (Å²) in [6, 6.07) is 17.9. The molecule has 9 heteroatoms. The first kappa shape index (κ1) is 24.5. The first-order chi connectivity index (χ1) is 17.3. The third kappa shape index (κ3) is 4.78. The molecule has 5 rings (SSSR count). The average molecular weight is 521 g/mol. The van der Waals surface area contributed by atoms with Crippen molar-refractivity contribution in [3.63, 3.8) is 0 Å². The fourth-order valence-electron chi connectivity index (χ4n) is 4.42. The molecule has 0 N–H and O–H groups in total. The second-order valence-electron chi connectivity index (χ2n) is 9.19. The number of fused-ring (bicyclic) bond motifs is 1. The largest absolute Gasteiger partial charge is 0.278 e. The number of thiazole rings is 1. The monoisotopic (exact) mass is 520 g/mol. The second kappa shape index (κ2) is 10.1. The summed E-state index contributed by atoms with van der Waals surface area (Å²) >= 11 is 1.47. The molecule has 0 aliphatic carbocycles. The number of benzene rings is 2. The minimum Gasteiger partial charge on any atom is -0.278 e. The van der Waals surface area contributed by atoms with Crippen molar-refractivity contribution < 1.29 is 13.2 Å². The number of hydrogen-bond donors (Lipinski definition) is 0. The van der Waals surface area contributed by atoms with Gasteiger partial charge in [-0.05, 0) is 66.8 Å². The molecule has 7 nitrogen and oxygen atoms in total. The fourth-order valence-corrected chi connectivity index (χ4v) is 6.94. The van der Waals surface area contributed by atoms with Gasteiger partial charge in [-0.2, -0.15) is 4.31 Å². The number of anilines is 1. The Balaban J connectivity index is 1.51. The number of para-hydroxylation sites is 1. The van der Waals surface area contributed by atoms with Gasteiger partial charge in [0.1, 0.15) is 0 Å². The summed E-state index contributed by atoms with van der Waals surface area (Å²) in [4.78, 5) is 24.9. The molecule has 3 heterocycles. The van der Waals surface area contributed by atoms with Crippen LogP contribution in [0.1, 0.15) is 54.2 Å². The summed E-state index contributed by atoms with van der Waals surface area (Å²) in [5, 5.41) is 0.586. The van der Waals surface area contributed by atoms with Crippen molar-refractivity contribution in [3.8, 4) is 0 Å². The van der Waals surface area contributed by atoms with Crippen molar-refractivity contribution in [2.45, 2.75) is 44.0 Å². The molecule has 1 amide bonds. The van der Waals surface area contributed by atoms with Crippen LogP contribution < -0.4 is 4.90 Å². The summed E-state index contributed by atoms with van der Waals surface area (Å²) < 4.78 is 28.3. The van der Waals surface area contributed by atoms with Crippen LogP contribution in [-0.4, -0.2) is 41.7 Å². The molecule has 4 aromatic rings. The van der Waals surface area contributed by atoms with E-state index in [1.54, 1.807) is 23.2 Å². The van der Waals surface area contributed by atoms with Gasteiger partial charge in [-0.3, -0.25) is 14.7 Å². The van der Waals surface area contributed by atoms with Gasteiger partial charge < -0.3 is 0 Å². The molecule has 0 saturated carbocycles. The molecule has 186 valence electrons. The summed E-state index contributed by atoms with van der Waals surface area (Å²) in [5.74, 6) is 0.0459. The molecule has 0 atom stereocenters. The summed E-state index contributed by atoms with van der Waals surface area (Å²) in [5.41, 5.74) is 3.17. The number of aromatic nitrogens is 2. The topological polar surface area (TPSA) is 83.5 Å². The van der Waals surface area contributed by atoms with E-state index in [1.807, 2.05) is 30.3 Å². The van der Waals surface area contributed by atoms with Gasteiger partial charge in [0.15, 0.2) is 5.13 Å².